The lowest BCUT2D eigenvalue weighted by molar-refractivity contribution is 0.340. The van der Waals surface area contributed by atoms with E-state index in [1.807, 2.05) is 55.7 Å². The third-order valence-electron chi connectivity index (χ3n) is 4.82. The smallest absolute Gasteiger partial charge is 0.298 e. The van der Waals surface area contributed by atoms with Crippen molar-refractivity contribution < 1.29 is 4.74 Å². The highest BCUT2D eigenvalue weighted by atomic mass is 16.5. The van der Waals surface area contributed by atoms with Gasteiger partial charge in [0.05, 0.1) is 12.3 Å². The van der Waals surface area contributed by atoms with Gasteiger partial charge in [-0.25, -0.2) is 4.98 Å². The molecule has 0 aliphatic carbocycles. The molecule has 0 amide bonds. The van der Waals surface area contributed by atoms with Crippen LogP contribution in [0.2, 0.25) is 0 Å². The first-order valence-corrected chi connectivity index (χ1v) is 9.50. The third kappa shape index (κ3) is 3.31. The van der Waals surface area contributed by atoms with Gasteiger partial charge in [0.2, 0.25) is 5.65 Å². The molecule has 2 heterocycles. The molecule has 2 aromatic carbocycles. The molecule has 0 unspecified atom stereocenters. The Balaban J connectivity index is 1.72. The van der Waals surface area contributed by atoms with Crippen LogP contribution in [0, 0.1) is 0 Å². The number of hydrogen-bond donors (Lipinski definition) is 0. The van der Waals surface area contributed by atoms with Crippen molar-refractivity contribution in [3.8, 4) is 22.7 Å². The van der Waals surface area contributed by atoms with Crippen LogP contribution < -0.4 is 10.3 Å². The molecule has 4 aromatic rings. The second kappa shape index (κ2) is 7.35. The van der Waals surface area contributed by atoms with Crippen molar-refractivity contribution in [3.05, 3.63) is 83.0 Å². The molecule has 0 bridgehead atoms. The molecule has 142 valence electrons. The largest absolute Gasteiger partial charge is 0.494 e. The van der Waals surface area contributed by atoms with Crippen molar-refractivity contribution in [2.45, 2.75) is 26.7 Å². The van der Waals surface area contributed by atoms with E-state index >= 15 is 0 Å². The molecule has 0 fully saturated rings. The first kappa shape index (κ1) is 18.0. The minimum atomic E-state index is -0.142. The van der Waals surface area contributed by atoms with Gasteiger partial charge in [-0.3, -0.25) is 9.36 Å². The molecule has 0 saturated carbocycles. The Morgan fingerprint density at radius 3 is 2.36 bits per heavy atom. The Labute approximate surface area is 163 Å². The minimum absolute atomic E-state index is 0.142. The van der Waals surface area contributed by atoms with Crippen molar-refractivity contribution in [1.29, 1.82) is 0 Å². The van der Waals surface area contributed by atoms with Crippen molar-refractivity contribution in [2.75, 3.05) is 6.61 Å². The molecule has 0 spiro atoms. The minimum Gasteiger partial charge on any atom is -0.494 e. The highest BCUT2D eigenvalue weighted by Crippen LogP contribution is 2.22. The Bertz CT molecular complexity index is 1150. The van der Waals surface area contributed by atoms with E-state index in [-0.39, 0.29) is 5.56 Å². The van der Waals surface area contributed by atoms with Gasteiger partial charge >= 0.3 is 0 Å². The molecule has 0 aliphatic rings. The van der Waals surface area contributed by atoms with Crippen LogP contribution in [0.25, 0.3) is 22.6 Å². The van der Waals surface area contributed by atoms with E-state index in [1.165, 1.54) is 5.56 Å². The summed E-state index contributed by atoms with van der Waals surface area (Å²) in [6.45, 7) is 6.89. The molecule has 0 N–H and O–H groups in total. The molecular formula is C23H23N3O2. The van der Waals surface area contributed by atoms with Gasteiger partial charge in [-0.2, -0.15) is 0 Å². The van der Waals surface area contributed by atoms with Crippen LogP contribution >= 0.6 is 0 Å². The predicted molar refractivity (Wildman–Crippen MR) is 111 cm³/mol. The summed E-state index contributed by atoms with van der Waals surface area (Å²) in [6.07, 6.45) is 5.51. The third-order valence-corrected chi connectivity index (χ3v) is 4.82. The molecule has 0 saturated heterocycles. The number of nitrogens with zero attached hydrogens (tertiary/aromatic N) is 3. The lowest BCUT2D eigenvalue weighted by Crippen LogP contribution is -2.19. The maximum atomic E-state index is 13.0. The lowest BCUT2D eigenvalue weighted by atomic mass is 10.0. The fraction of sp³-hybridized carbons (Fsp3) is 0.217. The molecule has 28 heavy (non-hydrogen) atoms. The summed E-state index contributed by atoms with van der Waals surface area (Å²) in [6, 6.07) is 15.8. The van der Waals surface area contributed by atoms with Gasteiger partial charge in [-0.1, -0.05) is 26.0 Å². The van der Waals surface area contributed by atoms with E-state index in [0.717, 1.165) is 22.7 Å². The molecule has 5 nitrogen and oxygen atoms in total. The summed E-state index contributed by atoms with van der Waals surface area (Å²) in [5.74, 6) is 1.28. The highest BCUT2D eigenvalue weighted by Gasteiger charge is 2.11. The van der Waals surface area contributed by atoms with Crippen LogP contribution in [-0.2, 0) is 0 Å². The topological polar surface area (TPSA) is 48.5 Å². The summed E-state index contributed by atoms with van der Waals surface area (Å²) in [5.41, 5.74) is 4.04. The van der Waals surface area contributed by atoms with E-state index in [2.05, 4.69) is 31.0 Å². The summed E-state index contributed by atoms with van der Waals surface area (Å²) in [5, 5.41) is 0. The SMILES string of the molecule is CCOc1ccc(-c2cn3ccn(-c4ccc(C(C)C)cc4)c(=O)c3n2)cc1. The van der Waals surface area contributed by atoms with Crippen LogP contribution in [0.1, 0.15) is 32.3 Å². The number of imidazole rings is 1. The lowest BCUT2D eigenvalue weighted by Gasteiger charge is -2.09. The maximum Gasteiger partial charge on any atom is 0.298 e. The monoisotopic (exact) mass is 373 g/mol. The zero-order valence-electron chi connectivity index (χ0n) is 16.3. The number of aromatic nitrogens is 3. The summed E-state index contributed by atoms with van der Waals surface area (Å²) >= 11 is 0. The number of fused-ring (bicyclic) bond motifs is 1. The Morgan fingerprint density at radius 2 is 1.71 bits per heavy atom. The van der Waals surface area contributed by atoms with Crippen LogP contribution in [0.5, 0.6) is 5.75 Å². The fourth-order valence-corrected chi connectivity index (χ4v) is 3.23. The van der Waals surface area contributed by atoms with Gasteiger partial charge in [0, 0.05) is 29.8 Å². The standard InChI is InChI=1S/C23H23N3O2/c1-4-28-20-11-7-18(8-12-20)21-15-25-13-14-26(23(27)22(25)24-21)19-9-5-17(6-10-19)16(2)3/h5-16H,4H2,1-3H3. The van der Waals surface area contributed by atoms with E-state index in [4.69, 9.17) is 4.74 Å². The average Bonchev–Trinajstić information content (AvgIpc) is 3.14. The Kier molecular flexibility index (Phi) is 4.74. The first-order valence-electron chi connectivity index (χ1n) is 9.50. The second-order valence-corrected chi connectivity index (χ2v) is 7.03. The molecule has 4 rings (SSSR count). The second-order valence-electron chi connectivity index (χ2n) is 7.03. The summed E-state index contributed by atoms with van der Waals surface area (Å²) in [7, 11) is 0. The number of hydrogen-bond acceptors (Lipinski definition) is 3. The number of benzene rings is 2. The van der Waals surface area contributed by atoms with E-state index in [1.54, 1.807) is 15.2 Å². The fourth-order valence-electron chi connectivity index (χ4n) is 3.23. The van der Waals surface area contributed by atoms with Gasteiger partial charge < -0.3 is 9.14 Å². The average molecular weight is 373 g/mol. The van der Waals surface area contributed by atoms with Crippen molar-refractivity contribution >= 4 is 5.65 Å². The zero-order valence-corrected chi connectivity index (χ0v) is 16.3. The van der Waals surface area contributed by atoms with Crippen molar-refractivity contribution in [1.82, 2.24) is 14.0 Å². The van der Waals surface area contributed by atoms with Crippen LogP contribution in [0.4, 0.5) is 0 Å². The van der Waals surface area contributed by atoms with Gasteiger partial charge in [0.25, 0.3) is 5.56 Å². The van der Waals surface area contributed by atoms with Gasteiger partial charge in [-0.05, 0) is 54.8 Å². The molecular weight excluding hydrogens is 350 g/mol. The van der Waals surface area contributed by atoms with Crippen molar-refractivity contribution in [3.63, 3.8) is 0 Å². The number of ether oxygens (including phenoxy) is 1. The maximum absolute atomic E-state index is 13.0. The van der Waals surface area contributed by atoms with Crippen LogP contribution in [-0.4, -0.2) is 20.6 Å². The van der Waals surface area contributed by atoms with Gasteiger partial charge in [0.15, 0.2) is 0 Å². The molecule has 2 aromatic heterocycles. The zero-order chi connectivity index (χ0) is 19.7. The van der Waals surface area contributed by atoms with Crippen molar-refractivity contribution in [2.24, 2.45) is 0 Å². The summed E-state index contributed by atoms with van der Waals surface area (Å²) < 4.78 is 8.89. The quantitative estimate of drug-likeness (QED) is 0.511. The predicted octanol–water partition coefficient (Wildman–Crippen LogP) is 4.67. The normalized spacial score (nSPS) is 11.3. The van der Waals surface area contributed by atoms with Gasteiger partial charge in [0.1, 0.15) is 5.75 Å². The number of rotatable bonds is 5. The highest BCUT2D eigenvalue weighted by molar-refractivity contribution is 5.63. The Morgan fingerprint density at radius 1 is 1.00 bits per heavy atom. The molecule has 0 radical (unpaired) electrons. The van der Waals surface area contributed by atoms with E-state index in [0.29, 0.717) is 18.2 Å². The molecule has 0 aliphatic heterocycles. The van der Waals surface area contributed by atoms with E-state index < -0.39 is 0 Å². The first-order chi connectivity index (χ1) is 13.6. The Hall–Kier alpha value is -3.34. The van der Waals surface area contributed by atoms with Gasteiger partial charge in [-0.15, -0.1) is 0 Å². The molecule has 0 atom stereocenters. The molecule has 5 heteroatoms. The van der Waals surface area contributed by atoms with E-state index in [9.17, 15) is 4.79 Å². The van der Waals surface area contributed by atoms with Crippen LogP contribution in [0.15, 0.2) is 71.9 Å². The van der Waals surface area contributed by atoms with Crippen LogP contribution in [0.3, 0.4) is 0 Å². The summed E-state index contributed by atoms with van der Waals surface area (Å²) in [4.78, 5) is 17.6.